The molecular formula is C26H24N4O3S2. The number of amides is 1. The van der Waals surface area contributed by atoms with Gasteiger partial charge in [0.25, 0.3) is 11.5 Å². The number of thiazole rings is 1. The van der Waals surface area contributed by atoms with Crippen LogP contribution < -0.4 is 29.4 Å². The van der Waals surface area contributed by atoms with Crippen molar-refractivity contribution in [3.63, 3.8) is 0 Å². The third-order valence-corrected chi connectivity index (χ3v) is 8.35. The fourth-order valence-corrected chi connectivity index (χ4v) is 6.77. The summed E-state index contributed by atoms with van der Waals surface area (Å²) in [5.74, 6) is 0.517. The second-order valence-electron chi connectivity index (χ2n) is 7.94. The number of carbonyl (C=O) groups excluding carboxylic acids is 1. The van der Waals surface area contributed by atoms with Crippen LogP contribution in [0.25, 0.3) is 10.6 Å². The van der Waals surface area contributed by atoms with Gasteiger partial charge in [-0.15, -0.1) is 17.9 Å². The summed E-state index contributed by atoms with van der Waals surface area (Å²) in [6.07, 6.45) is 1.67. The summed E-state index contributed by atoms with van der Waals surface area (Å²) in [5.41, 5.74) is 2.57. The SMILES string of the molecule is C=CCn1c(=O)/c(=C2/Sc3ccc(OC)cc3N2CC)s/c1=C1/C(=O)N(c2ccccc2)N=C1C. The number of hydrogen-bond acceptors (Lipinski definition) is 7. The molecule has 0 N–H and O–H groups in total. The molecular weight excluding hydrogens is 480 g/mol. The molecule has 35 heavy (non-hydrogen) atoms. The molecule has 2 aromatic carbocycles. The van der Waals surface area contributed by atoms with Crippen molar-refractivity contribution < 1.29 is 9.53 Å². The second-order valence-corrected chi connectivity index (χ2v) is 9.97. The quantitative estimate of drug-likeness (QED) is 0.499. The lowest BCUT2D eigenvalue weighted by Gasteiger charge is -2.17. The Balaban J connectivity index is 1.74. The molecule has 0 atom stereocenters. The van der Waals surface area contributed by atoms with Crippen LogP contribution in [0.4, 0.5) is 11.4 Å². The Morgan fingerprint density at radius 2 is 1.91 bits per heavy atom. The number of hydrogen-bond donors (Lipinski definition) is 0. The lowest BCUT2D eigenvalue weighted by atomic mass is 10.2. The highest BCUT2D eigenvalue weighted by Crippen LogP contribution is 2.47. The molecule has 0 spiro atoms. The molecule has 0 bridgehead atoms. The smallest absolute Gasteiger partial charge is 0.283 e. The van der Waals surface area contributed by atoms with Gasteiger partial charge in [-0.2, -0.15) is 10.1 Å². The number of fused-ring (bicyclic) bond motifs is 1. The van der Waals surface area contributed by atoms with Crippen LogP contribution in [0.3, 0.4) is 0 Å². The number of rotatable bonds is 5. The Morgan fingerprint density at radius 3 is 2.60 bits per heavy atom. The van der Waals surface area contributed by atoms with Gasteiger partial charge < -0.3 is 9.64 Å². The molecule has 3 aromatic rings. The van der Waals surface area contributed by atoms with Crippen molar-refractivity contribution in [3.8, 4) is 5.75 Å². The molecule has 1 amide bonds. The first-order valence-electron chi connectivity index (χ1n) is 11.2. The average Bonchev–Trinajstić information content (AvgIpc) is 3.50. The van der Waals surface area contributed by atoms with Crippen molar-refractivity contribution in [1.82, 2.24) is 4.57 Å². The number of methoxy groups -OCH3 is 1. The van der Waals surface area contributed by atoms with Crippen LogP contribution in [0.1, 0.15) is 13.8 Å². The van der Waals surface area contributed by atoms with Crippen molar-refractivity contribution in [3.05, 3.63) is 80.7 Å². The van der Waals surface area contributed by atoms with E-state index < -0.39 is 0 Å². The van der Waals surface area contributed by atoms with Gasteiger partial charge >= 0.3 is 0 Å². The Labute approximate surface area is 210 Å². The Hall–Kier alpha value is -3.56. The van der Waals surface area contributed by atoms with Crippen LogP contribution in [-0.2, 0) is 11.3 Å². The molecule has 9 heteroatoms. The van der Waals surface area contributed by atoms with Gasteiger partial charge in [-0.3, -0.25) is 14.2 Å². The highest BCUT2D eigenvalue weighted by molar-refractivity contribution is 8.08. The van der Waals surface area contributed by atoms with Crippen LogP contribution in [0.2, 0.25) is 0 Å². The third-order valence-electron chi connectivity index (χ3n) is 5.85. The number of allylic oxidation sites excluding steroid dienone is 1. The number of ether oxygens (including phenoxy) is 1. The van der Waals surface area contributed by atoms with E-state index in [4.69, 9.17) is 4.74 Å². The predicted octanol–water partition coefficient (Wildman–Crippen LogP) is 3.38. The molecule has 5 rings (SSSR count). The molecule has 0 unspecified atom stereocenters. The van der Waals surface area contributed by atoms with Crippen molar-refractivity contribution in [2.45, 2.75) is 25.3 Å². The predicted molar refractivity (Wildman–Crippen MR) is 144 cm³/mol. The van der Waals surface area contributed by atoms with Gasteiger partial charge in [-0.25, -0.2) is 0 Å². The molecule has 2 aliphatic heterocycles. The minimum atomic E-state index is -0.247. The average molecular weight is 505 g/mol. The summed E-state index contributed by atoms with van der Waals surface area (Å²) >= 11 is 2.89. The molecule has 0 saturated heterocycles. The fraction of sp³-hybridized carbons (Fsp3) is 0.192. The number of benzene rings is 2. The van der Waals surface area contributed by atoms with Gasteiger partial charge in [0, 0.05) is 24.1 Å². The van der Waals surface area contributed by atoms with E-state index in [2.05, 4.69) is 23.5 Å². The maximum Gasteiger partial charge on any atom is 0.283 e. The van der Waals surface area contributed by atoms with E-state index >= 15 is 0 Å². The zero-order valence-corrected chi connectivity index (χ0v) is 21.3. The summed E-state index contributed by atoms with van der Waals surface area (Å²) in [7, 11) is 1.64. The summed E-state index contributed by atoms with van der Waals surface area (Å²) in [6, 6.07) is 15.2. The first kappa shape index (κ1) is 23.2. The van der Waals surface area contributed by atoms with Crippen LogP contribution in [0.5, 0.6) is 5.75 Å². The standard InChI is InChI=1S/C26H24N4O3S2/c1-5-14-29-24(32)22(26-28(6-2)19-15-18(33-4)12-13-20(19)34-26)35-25(29)21-16(3)27-30(23(21)31)17-10-8-7-9-11-17/h5,7-13,15H,1,6,14H2,2-4H3/b25-21+,26-22-. The number of anilines is 2. The molecule has 3 heterocycles. The molecule has 0 radical (unpaired) electrons. The normalized spacial score (nSPS) is 18.1. The molecule has 7 nitrogen and oxygen atoms in total. The minimum absolute atomic E-state index is 0.142. The number of aromatic nitrogens is 1. The fourth-order valence-electron chi connectivity index (χ4n) is 4.20. The van der Waals surface area contributed by atoms with E-state index in [1.54, 1.807) is 36.4 Å². The highest BCUT2D eigenvalue weighted by Gasteiger charge is 2.32. The van der Waals surface area contributed by atoms with E-state index in [0.29, 0.717) is 39.3 Å². The van der Waals surface area contributed by atoms with Gasteiger partial charge in [0.2, 0.25) is 0 Å². The molecule has 178 valence electrons. The summed E-state index contributed by atoms with van der Waals surface area (Å²) < 4.78 is 8.22. The van der Waals surface area contributed by atoms with Gasteiger partial charge in [-0.1, -0.05) is 36.0 Å². The van der Waals surface area contributed by atoms with Crippen LogP contribution in [0.15, 0.2) is 76.0 Å². The van der Waals surface area contributed by atoms with Crippen LogP contribution in [-0.4, -0.2) is 29.8 Å². The Morgan fingerprint density at radius 1 is 1.14 bits per heavy atom. The Bertz CT molecular complexity index is 1550. The number of thioether (sulfide) groups is 1. The number of hydrazone groups is 1. The number of nitrogens with zero attached hydrogens (tertiary/aromatic N) is 4. The zero-order valence-electron chi connectivity index (χ0n) is 19.6. The van der Waals surface area contributed by atoms with Gasteiger partial charge in [0.15, 0.2) is 0 Å². The highest BCUT2D eigenvalue weighted by atomic mass is 32.2. The van der Waals surface area contributed by atoms with Crippen molar-refractivity contribution in [1.29, 1.82) is 0 Å². The summed E-state index contributed by atoms with van der Waals surface area (Å²) in [5, 5.41) is 6.76. The molecule has 0 saturated carbocycles. The van der Waals surface area contributed by atoms with E-state index in [0.717, 1.165) is 21.4 Å². The van der Waals surface area contributed by atoms with Crippen molar-refractivity contribution in [2.75, 3.05) is 23.6 Å². The van der Waals surface area contributed by atoms with Gasteiger partial charge in [-0.05, 0) is 38.1 Å². The van der Waals surface area contributed by atoms with Gasteiger partial charge in [0.05, 0.1) is 29.8 Å². The molecule has 0 aliphatic carbocycles. The lowest BCUT2D eigenvalue weighted by Crippen LogP contribution is -2.35. The van der Waals surface area contributed by atoms with Gasteiger partial charge in [0.1, 0.15) is 20.0 Å². The second kappa shape index (κ2) is 9.24. The zero-order chi connectivity index (χ0) is 24.7. The number of para-hydroxylation sites is 1. The van der Waals surface area contributed by atoms with E-state index in [-0.39, 0.29) is 11.5 Å². The number of carbonyl (C=O) groups is 1. The maximum atomic E-state index is 13.7. The van der Waals surface area contributed by atoms with Crippen LogP contribution >= 0.6 is 23.1 Å². The Kier molecular flexibility index (Phi) is 6.12. The molecule has 1 aromatic heterocycles. The van der Waals surface area contributed by atoms with Crippen molar-refractivity contribution >= 4 is 56.7 Å². The summed E-state index contributed by atoms with van der Waals surface area (Å²) in [6.45, 7) is 8.67. The molecule has 2 aliphatic rings. The first-order valence-corrected chi connectivity index (χ1v) is 12.8. The van der Waals surface area contributed by atoms with Crippen molar-refractivity contribution in [2.24, 2.45) is 5.10 Å². The van der Waals surface area contributed by atoms with Crippen LogP contribution in [0, 0.1) is 0 Å². The molecule has 0 fully saturated rings. The minimum Gasteiger partial charge on any atom is -0.497 e. The lowest BCUT2D eigenvalue weighted by molar-refractivity contribution is -0.112. The monoisotopic (exact) mass is 504 g/mol. The maximum absolute atomic E-state index is 13.7. The first-order chi connectivity index (χ1) is 17.0. The topological polar surface area (TPSA) is 67.1 Å². The van der Waals surface area contributed by atoms with E-state index in [1.165, 1.54) is 16.3 Å². The third kappa shape index (κ3) is 3.81. The van der Waals surface area contributed by atoms with E-state index in [1.807, 2.05) is 48.5 Å². The summed E-state index contributed by atoms with van der Waals surface area (Å²) in [4.78, 5) is 30.4. The van der Waals surface area contributed by atoms with E-state index in [9.17, 15) is 9.59 Å². The largest absolute Gasteiger partial charge is 0.497 e.